The summed E-state index contributed by atoms with van der Waals surface area (Å²) in [7, 11) is -3.33. The molecule has 0 radical (unpaired) electrons. The summed E-state index contributed by atoms with van der Waals surface area (Å²) < 4.78 is 29.4. The number of benzene rings is 1. The molecule has 2 unspecified atom stereocenters. The van der Waals surface area contributed by atoms with Gasteiger partial charge >= 0.3 is 0 Å². The Bertz CT molecular complexity index is 816. The molecule has 2 heterocycles. The number of hydrogen-bond donors (Lipinski definition) is 2. The zero-order chi connectivity index (χ0) is 17.9. The Morgan fingerprint density at radius 3 is 3.04 bits per heavy atom. The van der Waals surface area contributed by atoms with E-state index in [1.807, 2.05) is 50.5 Å². The van der Waals surface area contributed by atoms with Crippen LogP contribution in [0.2, 0.25) is 0 Å². The molecule has 0 saturated heterocycles. The highest BCUT2D eigenvalue weighted by atomic mass is 32.2. The lowest BCUT2D eigenvalue weighted by Gasteiger charge is -2.25. The Morgan fingerprint density at radius 2 is 2.24 bits per heavy atom. The summed E-state index contributed by atoms with van der Waals surface area (Å²) in [6.07, 6.45) is 6.74. The van der Waals surface area contributed by atoms with Crippen molar-refractivity contribution < 1.29 is 8.42 Å². The second-order valence-electron chi connectivity index (χ2n) is 6.70. The van der Waals surface area contributed by atoms with Gasteiger partial charge in [0.05, 0.1) is 11.8 Å². The maximum absolute atomic E-state index is 12.3. The van der Waals surface area contributed by atoms with Gasteiger partial charge in [0.1, 0.15) is 5.82 Å². The van der Waals surface area contributed by atoms with Gasteiger partial charge in [-0.2, -0.15) is 0 Å². The third-order valence-corrected chi connectivity index (χ3v) is 6.04. The minimum Gasteiger partial charge on any atom is -0.375 e. The molecule has 1 aromatic carbocycles. The Morgan fingerprint density at radius 1 is 1.40 bits per heavy atom. The van der Waals surface area contributed by atoms with Gasteiger partial charge < -0.3 is 9.88 Å². The molecule has 136 valence electrons. The van der Waals surface area contributed by atoms with Crippen LogP contribution in [0.1, 0.15) is 50.5 Å². The topological polar surface area (TPSA) is 76.0 Å². The van der Waals surface area contributed by atoms with Gasteiger partial charge in [0.15, 0.2) is 0 Å². The molecule has 2 N–H and O–H groups in total. The third-order valence-electron chi connectivity index (χ3n) is 4.57. The van der Waals surface area contributed by atoms with Crippen LogP contribution in [0.4, 0.5) is 5.69 Å². The fraction of sp³-hybridized carbons (Fsp3) is 0.500. The highest BCUT2D eigenvalue weighted by Crippen LogP contribution is 2.27. The number of aromatic nitrogens is 2. The average Bonchev–Trinajstić information content (AvgIpc) is 3.04. The molecule has 0 bridgehead atoms. The van der Waals surface area contributed by atoms with Crippen molar-refractivity contribution in [3.05, 3.63) is 48.0 Å². The Kier molecular flexibility index (Phi) is 5.44. The van der Waals surface area contributed by atoms with Crippen molar-refractivity contribution in [3.63, 3.8) is 0 Å². The molecule has 1 aliphatic rings. The molecule has 6 nitrogen and oxygen atoms in total. The number of rotatable bonds is 7. The summed E-state index contributed by atoms with van der Waals surface area (Å²) in [5.74, 6) is 1.04. The Balaban J connectivity index is 1.71. The van der Waals surface area contributed by atoms with Crippen molar-refractivity contribution in [2.24, 2.45) is 0 Å². The van der Waals surface area contributed by atoms with Crippen LogP contribution < -0.4 is 10.0 Å². The number of hydrogen-bond acceptors (Lipinski definition) is 4. The van der Waals surface area contributed by atoms with E-state index in [4.69, 9.17) is 0 Å². The number of nitrogens with one attached hydrogen (secondary N) is 2. The highest BCUT2D eigenvalue weighted by Gasteiger charge is 2.21. The number of nitrogens with zero attached hydrogens (tertiary/aromatic N) is 2. The fourth-order valence-corrected chi connectivity index (χ4v) is 4.64. The van der Waals surface area contributed by atoms with E-state index in [0.29, 0.717) is 0 Å². The van der Waals surface area contributed by atoms with Crippen LogP contribution in [0.15, 0.2) is 36.7 Å². The van der Waals surface area contributed by atoms with Gasteiger partial charge in [-0.1, -0.05) is 19.1 Å². The van der Waals surface area contributed by atoms with E-state index < -0.39 is 10.0 Å². The standard InChI is InChI=1S/C18H26N4O2S/c1-3-14(2)21-25(23,24)13-15-6-4-7-16(12-15)20-17-8-5-10-22-11-9-19-18(17)22/h4,6-7,9,11-12,14,17,20-21H,3,5,8,10,13H2,1-2H3. The molecule has 2 aromatic rings. The smallest absolute Gasteiger partial charge is 0.216 e. The van der Waals surface area contributed by atoms with Gasteiger partial charge in [-0.15, -0.1) is 0 Å². The SMILES string of the molecule is CCC(C)NS(=O)(=O)Cc1cccc(NC2CCCn3ccnc32)c1. The lowest BCUT2D eigenvalue weighted by atomic mass is 10.1. The van der Waals surface area contributed by atoms with Crippen molar-refractivity contribution >= 4 is 15.7 Å². The second kappa shape index (κ2) is 7.58. The Hall–Kier alpha value is -1.86. The van der Waals surface area contributed by atoms with Crippen LogP contribution >= 0.6 is 0 Å². The molecule has 25 heavy (non-hydrogen) atoms. The predicted molar refractivity (Wildman–Crippen MR) is 99.8 cm³/mol. The summed E-state index contributed by atoms with van der Waals surface area (Å²) in [6, 6.07) is 7.74. The van der Waals surface area contributed by atoms with E-state index in [2.05, 4.69) is 19.6 Å². The summed E-state index contributed by atoms with van der Waals surface area (Å²) in [5, 5.41) is 3.50. The van der Waals surface area contributed by atoms with Crippen LogP contribution in [-0.2, 0) is 22.3 Å². The number of aryl methyl sites for hydroxylation is 1. The second-order valence-corrected chi connectivity index (χ2v) is 8.46. The number of anilines is 1. The molecule has 3 rings (SSSR count). The molecular formula is C18H26N4O2S. The van der Waals surface area contributed by atoms with Gasteiger partial charge in [0, 0.05) is 30.7 Å². The first-order valence-electron chi connectivity index (χ1n) is 8.83. The molecule has 0 spiro atoms. The lowest BCUT2D eigenvalue weighted by Crippen LogP contribution is -2.33. The Labute approximate surface area is 149 Å². The summed E-state index contributed by atoms with van der Waals surface area (Å²) in [5.41, 5.74) is 1.71. The van der Waals surface area contributed by atoms with Crippen LogP contribution in [-0.4, -0.2) is 24.0 Å². The van der Waals surface area contributed by atoms with E-state index in [1.165, 1.54) is 0 Å². The fourth-order valence-electron chi connectivity index (χ4n) is 3.15. The molecule has 0 amide bonds. The maximum Gasteiger partial charge on any atom is 0.216 e. The van der Waals surface area contributed by atoms with E-state index >= 15 is 0 Å². The van der Waals surface area contributed by atoms with E-state index in [0.717, 1.165) is 42.9 Å². The van der Waals surface area contributed by atoms with E-state index in [1.54, 1.807) is 0 Å². The first-order valence-corrected chi connectivity index (χ1v) is 10.5. The highest BCUT2D eigenvalue weighted by molar-refractivity contribution is 7.88. The van der Waals surface area contributed by atoms with Crippen molar-refractivity contribution in [1.82, 2.24) is 14.3 Å². The minimum atomic E-state index is -3.33. The monoisotopic (exact) mass is 362 g/mol. The average molecular weight is 362 g/mol. The van der Waals surface area contributed by atoms with Gasteiger partial charge in [-0.25, -0.2) is 18.1 Å². The van der Waals surface area contributed by atoms with Gasteiger partial charge in [-0.3, -0.25) is 0 Å². The molecular weight excluding hydrogens is 336 g/mol. The first kappa shape index (κ1) is 17.9. The van der Waals surface area contributed by atoms with Gasteiger partial charge in [0.2, 0.25) is 10.0 Å². The van der Waals surface area contributed by atoms with Crippen LogP contribution in [0.25, 0.3) is 0 Å². The molecule has 7 heteroatoms. The zero-order valence-corrected chi connectivity index (χ0v) is 15.6. The molecule has 1 aromatic heterocycles. The quantitative estimate of drug-likeness (QED) is 0.794. The van der Waals surface area contributed by atoms with Crippen molar-refractivity contribution in [1.29, 1.82) is 0 Å². The number of sulfonamides is 1. The maximum atomic E-state index is 12.3. The third kappa shape index (κ3) is 4.61. The summed E-state index contributed by atoms with van der Waals surface area (Å²) in [4.78, 5) is 4.45. The van der Waals surface area contributed by atoms with Crippen molar-refractivity contribution in [3.8, 4) is 0 Å². The van der Waals surface area contributed by atoms with Crippen molar-refractivity contribution in [2.45, 2.75) is 57.5 Å². The molecule has 0 fully saturated rings. The predicted octanol–water partition coefficient (Wildman–Crippen LogP) is 3.05. The van der Waals surface area contributed by atoms with Crippen LogP contribution in [0.5, 0.6) is 0 Å². The zero-order valence-electron chi connectivity index (χ0n) is 14.8. The van der Waals surface area contributed by atoms with Crippen LogP contribution in [0, 0.1) is 0 Å². The van der Waals surface area contributed by atoms with Gasteiger partial charge in [0.25, 0.3) is 0 Å². The molecule has 2 atom stereocenters. The van der Waals surface area contributed by atoms with Crippen molar-refractivity contribution in [2.75, 3.05) is 5.32 Å². The first-order chi connectivity index (χ1) is 12.0. The molecule has 0 saturated carbocycles. The van der Waals surface area contributed by atoms with E-state index in [-0.39, 0.29) is 17.8 Å². The largest absolute Gasteiger partial charge is 0.375 e. The molecule has 1 aliphatic heterocycles. The van der Waals surface area contributed by atoms with E-state index in [9.17, 15) is 8.42 Å². The van der Waals surface area contributed by atoms with Gasteiger partial charge in [-0.05, 0) is 43.9 Å². The lowest BCUT2D eigenvalue weighted by molar-refractivity contribution is 0.470. The normalized spacial score (nSPS) is 18.6. The molecule has 0 aliphatic carbocycles. The summed E-state index contributed by atoms with van der Waals surface area (Å²) >= 11 is 0. The number of fused-ring (bicyclic) bond motifs is 1. The number of imidazole rings is 1. The van der Waals surface area contributed by atoms with Crippen LogP contribution in [0.3, 0.4) is 0 Å². The minimum absolute atomic E-state index is 0.00778. The summed E-state index contributed by atoms with van der Waals surface area (Å²) in [6.45, 7) is 4.85.